The van der Waals surface area contributed by atoms with E-state index in [0.29, 0.717) is 49.6 Å². The third-order valence-electron chi connectivity index (χ3n) is 5.32. The van der Waals surface area contributed by atoms with Crippen LogP contribution in [0.5, 0.6) is 0 Å². The normalized spacial score (nSPS) is 20.6. The molecule has 7 nitrogen and oxygen atoms in total. The molecule has 0 unspecified atom stereocenters. The van der Waals surface area contributed by atoms with Crippen molar-refractivity contribution < 1.29 is 14.3 Å². The van der Waals surface area contributed by atoms with E-state index in [1.165, 1.54) is 6.20 Å². The summed E-state index contributed by atoms with van der Waals surface area (Å²) in [5, 5.41) is 6.61. The number of pyridine rings is 1. The molecule has 2 aliphatic rings. The molecule has 2 saturated heterocycles. The van der Waals surface area contributed by atoms with Crippen molar-refractivity contribution in [3.8, 4) is 0 Å². The summed E-state index contributed by atoms with van der Waals surface area (Å²) in [5.41, 5.74) is -0.715. The number of piperidine rings is 2. The van der Waals surface area contributed by atoms with Crippen LogP contribution in [0.1, 0.15) is 25.7 Å². The minimum Gasteiger partial charge on any atom is -0.368 e. The van der Waals surface area contributed by atoms with Gasteiger partial charge >= 0.3 is 0 Å². The van der Waals surface area contributed by atoms with E-state index in [1.807, 2.05) is 4.90 Å². The lowest BCUT2D eigenvalue weighted by Crippen LogP contribution is -2.57. The fraction of sp³-hybridized carbons (Fsp3) is 0.611. The van der Waals surface area contributed by atoms with Gasteiger partial charge in [-0.15, -0.1) is 0 Å². The summed E-state index contributed by atoms with van der Waals surface area (Å²) in [4.78, 5) is 31.3. The molecule has 0 aliphatic carbocycles. The Hall–Kier alpha value is -1.70. The average Bonchev–Trinajstić information content (AvgIpc) is 2.69. The van der Waals surface area contributed by atoms with Crippen molar-refractivity contribution in [1.82, 2.24) is 15.2 Å². The number of nitrogens with zero attached hydrogens (tertiary/aromatic N) is 2. The maximum Gasteiger partial charge on any atom is 0.254 e. The molecular formula is C18H25ClN4O3. The van der Waals surface area contributed by atoms with Gasteiger partial charge in [0, 0.05) is 32.3 Å². The van der Waals surface area contributed by atoms with Gasteiger partial charge in [0.15, 0.2) is 0 Å². The number of ether oxygens (including phenoxy) is 1. The first-order chi connectivity index (χ1) is 12.5. The van der Waals surface area contributed by atoms with E-state index >= 15 is 0 Å². The molecule has 8 heteroatoms. The van der Waals surface area contributed by atoms with E-state index in [4.69, 9.17) is 16.3 Å². The predicted octanol–water partition coefficient (Wildman–Crippen LogP) is 1.68. The van der Waals surface area contributed by atoms with Crippen LogP contribution in [0.4, 0.5) is 5.82 Å². The van der Waals surface area contributed by atoms with E-state index in [-0.39, 0.29) is 17.7 Å². The topological polar surface area (TPSA) is 83.6 Å². The Bertz CT molecular complexity index is 638. The second-order valence-corrected chi connectivity index (χ2v) is 7.30. The minimum atomic E-state index is -0.715. The number of nitrogens with one attached hydrogen (secondary N) is 2. The van der Waals surface area contributed by atoms with Crippen LogP contribution in [0.25, 0.3) is 0 Å². The first-order valence-corrected chi connectivity index (χ1v) is 9.39. The van der Waals surface area contributed by atoms with Crippen molar-refractivity contribution in [2.75, 3.05) is 38.6 Å². The van der Waals surface area contributed by atoms with Crippen molar-refractivity contribution in [2.24, 2.45) is 5.92 Å². The molecule has 0 atom stereocenters. The van der Waals surface area contributed by atoms with E-state index in [9.17, 15) is 9.59 Å². The molecule has 3 rings (SSSR count). The maximum atomic E-state index is 13.0. The highest BCUT2D eigenvalue weighted by Gasteiger charge is 2.43. The molecule has 2 N–H and O–H groups in total. The monoisotopic (exact) mass is 380 g/mol. The predicted molar refractivity (Wildman–Crippen MR) is 99.0 cm³/mol. The van der Waals surface area contributed by atoms with Gasteiger partial charge in [-0.1, -0.05) is 11.6 Å². The highest BCUT2D eigenvalue weighted by atomic mass is 35.5. The fourth-order valence-electron chi connectivity index (χ4n) is 3.65. The van der Waals surface area contributed by atoms with Crippen LogP contribution in [-0.4, -0.2) is 60.6 Å². The summed E-state index contributed by atoms with van der Waals surface area (Å²) in [7, 11) is 1.61. The molecule has 0 saturated carbocycles. The number of halogens is 1. The summed E-state index contributed by atoms with van der Waals surface area (Å²) in [5.74, 6) is 0.365. The minimum absolute atomic E-state index is 0.0553. The standard InChI is InChI=1S/C18H25ClN4O3/c1-26-18(6-8-20-9-7-18)17(25)23-10-4-13(5-11-23)16(24)22-15-3-2-14(19)12-21-15/h2-3,12-13,20H,4-11H2,1H3,(H,21,22,24). The van der Waals surface area contributed by atoms with Crippen LogP contribution < -0.4 is 10.6 Å². The first-order valence-electron chi connectivity index (χ1n) is 9.02. The SMILES string of the molecule is COC1(C(=O)N2CCC(C(=O)Nc3ccc(Cl)cn3)CC2)CCNCC1. The summed E-state index contributed by atoms with van der Waals surface area (Å²) >= 11 is 5.80. The molecular weight excluding hydrogens is 356 g/mol. The molecule has 2 fully saturated rings. The van der Waals surface area contributed by atoms with Crippen LogP contribution in [0.3, 0.4) is 0 Å². The molecule has 0 aromatic carbocycles. The van der Waals surface area contributed by atoms with Crippen molar-refractivity contribution in [3.05, 3.63) is 23.4 Å². The molecule has 26 heavy (non-hydrogen) atoms. The molecule has 0 bridgehead atoms. The van der Waals surface area contributed by atoms with Crippen molar-refractivity contribution >= 4 is 29.2 Å². The van der Waals surface area contributed by atoms with Gasteiger partial charge in [-0.2, -0.15) is 0 Å². The fourth-order valence-corrected chi connectivity index (χ4v) is 3.76. The number of likely N-dealkylation sites (tertiary alicyclic amines) is 1. The molecule has 2 aliphatic heterocycles. The molecule has 0 radical (unpaired) electrons. The van der Waals surface area contributed by atoms with Gasteiger partial charge in [-0.3, -0.25) is 9.59 Å². The largest absolute Gasteiger partial charge is 0.368 e. The zero-order valence-electron chi connectivity index (χ0n) is 15.0. The Morgan fingerprint density at radius 3 is 2.58 bits per heavy atom. The summed E-state index contributed by atoms with van der Waals surface area (Å²) in [6, 6.07) is 3.37. The zero-order valence-corrected chi connectivity index (χ0v) is 15.7. The third kappa shape index (κ3) is 4.16. The highest BCUT2D eigenvalue weighted by Crippen LogP contribution is 2.28. The van der Waals surface area contributed by atoms with Crippen LogP contribution >= 0.6 is 11.6 Å². The lowest BCUT2D eigenvalue weighted by atomic mass is 9.88. The van der Waals surface area contributed by atoms with Crippen LogP contribution in [0, 0.1) is 5.92 Å². The summed E-state index contributed by atoms with van der Waals surface area (Å²) in [6.07, 6.45) is 4.16. The number of aromatic nitrogens is 1. The number of hydrogen-bond acceptors (Lipinski definition) is 5. The van der Waals surface area contributed by atoms with E-state index in [1.54, 1.807) is 19.2 Å². The van der Waals surface area contributed by atoms with E-state index in [2.05, 4.69) is 15.6 Å². The molecule has 142 valence electrons. The van der Waals surface area contributed by atoms with Crippen molar-refractivity contribution in [1.29, 1.82) is 0 Å². The third-order valence-corrected chi connectivity index (χ3v) is 5.55. The zero-order chi connectivity index (χ0) is 18.6. The van der Waals surface area contributed by atoms with Crippen LogP contribution in [0.15, 0.2) is 18.3 Å². The molecule has 0 spiro atoms. The Kier molecular flexibility index (Phi) is 6.11. The Labute approximate surface area is 158 Å². The number of carbonyl (C=O) groups is 2. The number of anilines is 1. The molecule has 3 heterocycles. The molecule has 2 amide bonds. The second-order valence-electron chi connectivity index (χ2n) is 6.87. The number of hydrogen-bond donors (Lipinski definition) is 2. The Balaban J connectivity index is 1.54. The first kappa shape index (κ1) is 19.1. The quantitative estimate of drug-likeness (QED) is 0.830. The number of methoxy groups -OCH3 is 1. The van der Waals surface area contributed by atoms with Crippen LogP contribution in [-0.2, 0) is 14.3 Å². The summed E-state index contributed by atoms with van der Waals surface area (Å²) in [6.45, 7) is 2.71. The number of carbonyl (C=O) groups excluding carboxylic acids is 2. The molecule has 1 aromatic rings. The van der Waals surface area contributed by atoms with Crippen LogP contribution in [0.2, 0.25) is 5.02 Å². The van der Waals surface area contributed by atoms with Crippen molar-refractivity contribution in [2.45, 2.75) is 31.3 Å². The number of amides is 2. The lowest BCUT2D eigenvalue weighted by molar-refractivity contribution is -0.160. The lowest BCUT2D eigenvalue weighted by Gasteiger charge is -2.41. The molecule has 1 aromatic heterocycles. The highest BCUT2D eigenvalue weighted by molar-refractivity contribution is 6.30. The maximum absolute atomic E-state index is 13.0. The van der Waals surface area contributed by atoms with Gasteiger partial charge in [0.2, 0.25) is 5.91 Å². The average molecular weight is 381 g/mol. The Morgan fingerprint density at radius 1 is 1.31 bits per heavy atom. The number of rotatable bonds is 4. The smallest absolute Gasteiger partial charge is 0.254 e. The van der Waals surface area contributed by atoms with Gasteiger partial charge in [-0.25, -0.2) is 4.98 Å². The van der Waals surface area contributed by atoms with E-state index in [0.717, 1.165) is 13.1 Å². The Morgan fingerprint density at radius 2 is 2.00 bits per heavy atom. The van der Waals surface area contributed by atoms with Gasteiger partial charge < -0.3 is 20.3 Å². The summed E-state index contributed by atoms with van der Waals surface area (Å²) < 4.78 is 5.63. The van der Waals surface area contributed by atoms with Gasteiger partial charge in [0.25, 0.3) is 5.91 Å². The van der Waals surface area contributed by atoms with Gasteiger partial charge in [0.05, 0.1) is 5.02 Å². The second kappa shape index (κ2) is 8.33. The van der Waals surface area contributed by atoms with E-state index < -0.39 is 5.60 Å². The van der Waals surface area contributed by atoms with Crippen molar-refractivity contribution in [3.63, 3.8) is 0 Å². The van der Waals surface area contributed by atoms with Gasteiger partial charge in [-0.05, 0) is 50.9 Å². The van der Waals surface area contributed by atoms with Gasteiger partial charge in [0.1, 0.15) is 11.4 Å².